The maximum Gasteiger partial charge on any atom is 0.306 e. The van der Waals surface area contributed by atoms with E-state index in [2.05, 4.69) is 196 Å². The molecule has 0 heterocycles. The minimum absolute atomic E-state index is 0.0531. The molecule has 436 valence electrons. The lowest BCUT2D eigenvalue weighted by atomic mass is 10.1. The van der Waals surface area contributed by atoms with E-state index in [0.717, 1.165) is 141 Å². The number of quaternary nitrogens is 1. The lowest BCUT2D eigenvalue weighted by Crippen LogP contribution is -2.37. The molecule has 0 aromatic heterocycles. The molecule has 0 rings (SSSR count). The zero-order valence-corrected chi connectivity index (χ0v) is 50.2. The Morgan fingerprint density at radius 1 is 0.397 bits per heavy atom. The molecular formula is C68H106NO8P. The van der Waals surface area contributed by atoms with Crippen LogP contribution in [0.25, 0.3) is 0 Å². The van der Waals surface area contributed by atoms with Crippen molar-refractivity contribution in [2.45, 2.75) is 187 Å². The van der Waals surface area contributed by atoms with Crippen molar-refractivity contribution >= 4 is 19.8 Å². The number of hydrogen-bond acceptors (Lipinski definition) is 8. The van der Waals surface area contributed by atoms with Crippen LogP contribution in [0.1, 0.15) is 181 Å². The van der Waals surface area contributed by atoms with Crippen LogP contribution in [-0.2, 0) is 32.7 Å². The van der Waals surface area contributed by atoms with E-state index in [9.17, 15) is 19.0 Å². The highest BCUT2D eigenvalue weighted by Gasteiger charge is 2.21. The Bertz CT molecular complexity index is 1970. The van der Waals surface area contributed by atoms with Crippen LogP contribution in [0.4, 0.5) is 0 Å². The molecule has 0 aliphatic carbocycles. The number of esters is 2. The van der Waals surface area contributed by atoms with Crippen LogP contribution in [0.15, 0.2) is 182 Å². The highest BCUT2D eigenvalue weighted by atomic mass is 31.2. The molecule has 0 aromatic rings. The minimum Gasteiger partial charge on any atom is -0.756 e. The summed E-state index contributed by atoms with van der Waals surface area (Å²) < 4.78 is 34.0. The van der Waals surface area contributed by atoms with Crippen LogP contribution in [0.2, 0.25) is 0 Å². The summed E-state index contributed by atoms with van der Waals surface area (Å²) in [6.45, 7) is 3.90. The summed E-state index contributed by atoms with van der Waals surface area (Å²) >= 11 is 0. The average Bonchev–Trinajstić information content (AvgIpc) is 3.41. The fourth-order valence-electron chi connectivity index (χ4n) is 6.94. The number of hydrogen-bond donors (Lipinski definition) is 0. The normalized spacial score (nSPS) is 14.6. The third kappa shape index (κ3) is 60.3. The van der Waals surface area contributed by atoms with Crippen molar-refractivity contribution in [1.82, 2.24) is 0 Å². The first-order chi connectivity index (χ1) is 38.0. The van der Waals surface area contributed by atoms with Gasteiger partial charge in [-0.1, -0.05) is 215 Å². The van der Waals surface area contributed by atoms with Crippen molar-refractivity contribution in [2.24, 2.45) is 0 Å². The van der Waals surface area contributed by atoms with Crippen LogP contribution < -0.4 is 4.89 Å². The monoisotopic (exact) mass is 1100 g/mol. The summed E-state index contributed by atoms with van der Waals surface area (Å²) in [5, 5.41) is 0. The quantitative estimate of drug-likeness (QED) is 0.0195. The first-order valence-electron chi connectivity index (χ1n) is 29.5. The molecule has 2 atom stereocenters. The molecule has 0 saturated carbocycles. The number of carbonyl (C=O) groups excluding carboxylic acids is 2. The lowest BCUT2D eigenvalue weighted by molar-refractivity contribution is -0.870. The van der Waals surface area contributed by atoms with E-state index in [4.69, 9.17) is 18.5 Å². The zero-order chi connectivity index (χ0) is 57.0. The smallest absolute Gasteiger partial charge is 0.306 e. The molecule has 0 radical (unpaired) electrons. The summed E-state index contributed by atoms with van der Waals surface area (Å²) in [5.41, 5.74) is 0. The number of phosphoric ester groups is 1. The molecular weight excluding hydrogens is 990 g/mol. The maximum absolute atomic E-state index is 12.8. The molecule has 9 nitrogen and oxygen atoms in total. The number of nitrogens with zero attached hydrogens (tertiary/aromatic N) is 1. The van der Waals surface area contributed by atoms with Gasteiger partial charge in [0.15, 0.2) is 6.10 Å². The predicted octanol–water partition coefficient (Wildman–Crippen LogP) is 18.2. The second-order valence-corrected chi connectivity index (χ2v) is 21.3. The second-order valence-electron chi connectivity index (χ2n) is 19.9. The Kier molecular flexibility index (Phi) is 53.3. The Morgan fingerprint density at radius 2 is 0.692 bits per heavy atom. The SMILES string of the molecule is CC/C=C\C/C=C\C/C=C\C/C=C\C/C=C\C/C=C\C/C=C\C/C=C\C/C=C\C/C=C\C/C=C\CCCCCC(=O)OC(COC(=O)CCCCCC/C=C\C/C=C\C/C=C\C/C=C\CC)COP(=O)([O-])OCC[N+](C)(C)C. The number of carbonyl (C=O) groups is 2. The number of likely N-dealkylation sites (N-methyl/N-ethyl adjacent to an activating group) is 1. The van der Waals surface area contributed by atoms with Crippen LogP contribution in [0.5, 0.6) is 0 Å². The minimum atomic E-state index is -4.67. The predicted molar refractivity (Wildman–Crippen MR) is 332 cm³/mol. The van der Waals surface area contributed by atoms with Crippen LogP contribution in [0, 0.1) is 0 Å². The van der Waals surface area contributed by atoms with Crippen molar-refractivity contribution in [3.05, 3.63) is 182 Å². The van der Waals surface area contributed by atoms with Gasteiger partial charge in [0.05, 0.1) is 27.7 Å². The van der Waals surface area contributed by atoms with Gasteiger partial charge in [-0.25, -0.2) is 0 Å². The van der Waals surface area contributed by atoms with Gasteiger partial charge in [-0.15, -0.1) is 0 Å². The van der Waals surface area contributed by atoms with Gasteiger partial charge in [0.25, 0.3) is 7.82 Å². The van der Waals surface area contributed by atoms with Gasteiger partial charge in [-0.2, -0.15) is 0 Å². The van der Waals surface area contributed by atoms with E-state index in [1.165, 1.54) is 0 Å². The molecule has 0 saturated heterocycles. The Labute approximate surface area is 476 Å². The number of ether oxygens (including phenoxy) is 2. The zero-order valence-electron chi connectivity index (χ0n) is 49.3. The van der Waals surface area contributed by atoms with Gasteiger partial charge >= 0.3 is 11.9 Å². The second kappa shape index (κ2) is 56.8. The summed E-state index contributed by atoms with van der Waals surface area (Å²) in [5.74, 6) is -0.919. The van der Waals surface area contributed by atoms with E-state index in [-0.39, 0.29) is 26.1 Å². The van der Waals surface area contributed by atoms with Gasteiger partial charge in [-0.05, 0) is 135 Å². The molecule has 10 heteroatoms. The summed E-state index contributed by atoms with van der Waals surface area (Å²) in [6.07, 6.45) is 88.0. The van der Waals surface area contributed by atoms with E-state index in [1.54, 1.807) is 0 Å². The first-order valence-corrected chi connectivity index (χ1v) is 31.0. The van der Waals surface area contributed by atoms with Gasteiger partial charge in [0.1, 0.15) is 19.8 Å². The molecule has 0 spiro atoms. The maximum atomic E-state index is 12.8. The first kappa shape index (κ1) is 73.1. The van der Waals surface area contributed by atoms with Gasteiger partial charge in [0.2, 0.25) is 0 Å². The molecule has 0 bridgehead atoms. The molecule has 0 amide bonds. The van der Waals surface area contributed by atoms with Gasteiger partial charge < -0.3 is 27.9 Å². The topological polar surface area (TPSA) is 111 Å². The van der Waals surface area contributed by atoms with Crippen LogP contribution >= 0.6 is 7.82 Å². The van der Waals surface area contributed by atoms with Crippen molar-refractivity contribution < 1.29 is 42.1 Å². The highest BCUT2D eigenvalue weighted by molar-refractivity contribution is 7.45. The van der Waals surface area contributed by atoms with Gasteiger partial charge in [-0.3, -0.25) is 14.2 Å². The molecule has 0 aliphatic rings. The standard InChI is InChI=1S/C68H106NO8P/c1-6-8-10-12-14-16-18-20-22-24-25-26-27-28-29-30-31-32-33-34-35-36-37-38-39-40-41-42-43-45-47-49-51-53-55-57-59-61-68(71)77-66(65-76-78(72,73)75-63-62-69(3,4)5)64-74-67(70)60-58-56-54-52-50-48-46-44-23-21-19-17-15-13-11-9-7-2/h8-11,14-17,20-23,25-26,28-29,31-32,34-35,37-38,40-41,43,45-46,48-49,51,66H,6-7,12-13,18-19,24,27,30,33,36,39,42,44,47,50,52-65H2,1-5H3/b10-8-,11-9-,16-14-,17-15-,22-20-,23-21-,26-25-,29-28-,32-31-,35-34-,38-37-,41-40-,45-43-,48-46-,51-49-. The molecule has 0 aromatic carbocycles. The summed E-state index contributed by atoms with van der Waals surface area (Å²) in [7, 11) is 1.10. The molecule has 78 heavy (non-hydrogen) atoms. The number of rotatable bonds is 51. The third-order valence-electron chi connectivity index (χ3n) is 11.4. The molecule has 0 fully saturated rings. The van der Waals surface area contributed by atoms with Crippen molar-refractivity contribution in [2.75, 3.05) is 47.5 Å². The fraction of sp³-hybridized carbons (Fsp3) is 0.529. The fourth-order valence-corrected chi connectivity index (χ4v) is 7.67. The Hall–Kier alpha value is -4.89. The van der Waals surface area contributed by atoms with E-state index in [0.29, 0.717) is 23.9 Å². The Balaban J connectivity index is 4.30. The summed E-state index contributed by atoms with van der Waals surface area (Å²) in [4.78, 5) is 37.8. The van der Waals surface area contributed by atoms with Crippen LogP contribution in [-0.4, -0.2) is 70.0 Å². The Morgan fingerprint density at radius 3 is 1.03 bits per heavy atom. The van der Waals surface area contributed by atoms with Crippen molar-refractivity contribution in [3.8, 4) is 0 Å². The number of allylic oxidation sites excluding steroid dienone is 30. The largest absolute Gasteiger partial charge is 0.756 e. The van der Waals surface area contributed by atoms with Gasteiger partial charge in [0, 0.05) is 12.8 Å². The lowest BCUT2D eigenvalue weighted by Gasteiger charge is -2.28. The highest BCUT2D eigenvalue weighted by Crippen LogP contribution is 2.38. The summed E-state index contributed by atoms with van der Waals surface area (Å²) in [6, 6.07) is 0. The third-order valence-corrected chi connectivity index (χ3v) is 12.4. The van der Waals surface area contributed by atoms with Crippen LogP contribution in [0.3, 0.4) is 0 Å². The average molecular weight is 1100 g/mol. The van der Waals surface area contributed by atoms with Crippen molar-refractivity contribution in [3.63, 3.8) is 0 Å². The molecule has 0 N–H and O–H groups in total. The number of unbranched alkanes of at least 4 members (excludes halogenated alkanes) is 7. The number of phosphoric acid groups is 1. The molecule has 0 aliphatic heterocycles. The van der Waals surface area contributed by atoms with E-state index >= 15 is 0 Å². The van der Waals surface area contributed by atoms with E-state index < -0.39 is 32.5 Å². The molecule has 2 unspecified atom stereocenters. The van der Waals surface area contributed by atoms with E-state index in [1.807, 2.05) is 21.1 Å². The van der Waals surface area contributed by atoms with Crippen molar-refractivity contribution in [1.29, 1.82) is 0 Å².